The number of benzene rings is 1. The van der Waals surface area contributed by atoms with Crippen LogP contribution in [0.2, 0.25) is 0 Å². The average Bonchev–Trinajstić information content (AvgIpc) is 3.07. The molecule has 1 amide bonds. The van der Waals surface area contributed by atoms with Crippen LogP contribution in [0.15, 0.2) is 30.3 Å². The standard InChI is InChI=1S/C15H18N2O5/c1-21-15(20)17-12(10-6-3-2-4-7-10)14(19)22-13(18)11-8-5-9-16-11/h2-4,6-7,11-12,16H,5,8-9H2,1H3,(H,17,20)/t11-,12?/m0/s1. The normalized spacial score (nSPS) is 18.3. The van der Waals surface area contributed by atoms with E-state index in [1.54, 1.807) is 30.3 Å². The number of amides is 1. The van der Waals surface area contributed by atoms with Crippen molar-refractivity contribution in [3.8, 4) is 0 Å². The van der Waals surface area contributed by atoms with E-state index in [1.165, 1.54) is 7.11 Å². The zero-order valence-corrected chi connectivity index (χ0v) is 12.2. The molecule has 1 fully saturated rings. The fourth-order valence-electron chi connectivity index (χ4n) is 2.22. The predicted molar refractivity (Wildman–Crippen MR) is 76.8 cm³/mol. The first-order chi connectivity index (χ1) is 10.6. The van der Waals surface area contributed by atoms with Crippen LogP contribution in [0.5, 0.6) is 0 Å². The lowest BCUT2D eigenvalue weighted by molar-refractivity contribution is -0.162. The molecule has 22 heavy (non-hydrogen) atoms. The van der Waals surface area contributed by atoms with Crippen molar-refractivity contribution in [2.45, 2.75) is 24.9 Å². The van der Waals surface area contributed by atoms with Crippen molar-refractivity contribution in [1.29, 1.82) is 0 Å². The molecule has 1 aromatic rings. The van der Waals surface area contributed by atoms with Gasteiger partial charge in [0.25, 0.3) is 0 Å². The molecule has 7 heteroatoms. The van der Waals surface area contributed by atoms with E-state index in [0.717, 1.165) is 13.0 Å². The fourth-order valence-corrected chi connectivity index (χ4v) is 2.22. The van der Waals surface area contributed by atoms with Crippen molar-refractivity contribution in [3.63, 3.8) is 0 Å². The van der Waals surface area contributed by atoms with Crippen LogP contribution in [-0.4, -0.2) is 37.7 Å². The summed E-state index contributed by atoms with van der Waals surface area (Å²) in [5.74, 6) is -1.47. The van der Waals surface area contributed by atoms with Crippen molar-refractivity contribution in [2.75, 3.05) is 13.7 Å². The summed E-state index contributed by atoms with van der Waals surface area (Å²) < 4.78 is 9.39. The summed E-state index contributed by atoms with van der Waals surface area (Å²) in [4.78, 5) is 35.5. The van der Waals surface area contributed by atoms with Crippen molar-refractivity contribution in [3.05, 3.63) is 35.9 Å². The Morgan fingerprint density at radius 3 is 2.59 bits per heavy atom. The highest BCUT2D eigenvalue weighted by atomic mass is 16.6. The zero-order valence-electron chi connectivity index (χ0n) is 12.2. The van der Waals surface area contributed by atoms with E-state index < -0.39 is 30.1 Å². The second-order valence-electron chi connectivity index (χ2n) is 4.87. The molecule has 1 unspecified atom stereocenters. The molecule has 1 aromatic carbocycles. The maximum atomic E-state index is 12.2. The van der Waals surface area contributed by atoms with Crippen LogP contribution in [0.25, 0.3) is 0 Å². The highest BCUT2D eigenvalue weighted by Gasteiger charge is 2.31. The van der Waals surface area contributed by atoms with Crippen LogP contribution in [0, 0.1) is 0 Å². The Hall–Kier alpha value is -2.41. The van der Waals surface area contributed by atoms with Gasteiger partial charge in [0.1, 0.15) is 6.04 Å². The van der Waals surface area contributed by atoms with Crippen molar-refractivity contribution < 1.29 is 23.9 Å². The minimum atomic E-state index is -1.10. The number of ether oxygens (including phenoxy) is 2. The van der Waals surface area contributed by atoms with E-state index >= 15 is 0 Å². The lowest BCUT2D eigenvalue weighted by Gasteiger charge is -2.17. The summed E-state index contributed by atoms with van der Waals surface area (Å²) in [5, 5.41) is 5.32. The largest absolute Gasteiger partial charge is 0.453 e. The number of hydrogen-bond acceptors (Lipinski definition) is 6. The number of nitrogens with one attached hydrogen (secondary N) is 2. The molecule has 0 aliphatic carbocycles. The van der Waals surface area contributed by atoms with Gasteiger partial charge in [-0.15, -0.1) is 0 Å². The van der Waals surface area contributed by atoms with Gasteiger partial charge in [-0.25, -0.2) is 14.4 Å². The number of carbonyl (C=O) groups excluding carboxylic acids is 3. The van der Waals surface area contributed by atoms with E-state index in [-0.39, 0.29) is 0 Å². The molecule has 7 nitrogen and oxygen atoms in total. The van der Waals surface area contributed by atoms with Crippen LogP contribution in [-0.2, 0) is 19.1 Å². The van der Waals surface area contributed by atoms with E-state index in [2.05, 4.69) is 15.4 Å². The first kappa shape index (κ1) is 16.0. The highest BCUT2D eigenvalue weighted by molar-refractivity contribution is 5.93. The Morgan fingerprint density at radius 1 is 1.27 bits per heavy atom. The summed E-state index contributed by atoms with van der Waals surface area (Å²) in [6.07, 6.45) is 0.709. The van der Waals surface area contributed by atoms with Crippen molar-refractivity contribution in [1.82, 2.24) is 10.6 Å². The molecular weight excluding hydrogens is 288 g/mol. The third kappa shape index (κ3) is 4.05. The molecular formula is C15H18N2O5. The zero-order chi connectivity index (χ0) is 15.9. The molecule has 0 radical (unpaired) electrons. The third-order valence-electron chi connectivity index (χ3n) is 3.36. The molecule has 0 spiro atoms. The number of rotatable bonds is 4. The number of alkyl carbamates (subject to hydrolysis) is 1. The number of esters is 2. The van der Waals surface area contributed by atoms with E-state index in [1.807, 2.05) is 0 Å². The smallest absolute Gasteiger partial charge is 0.407 e. The van der Waals surface area contributed by atoms with Gasteiger partial charge in [-0.05, 0) is 24.9 Å². The van der Waals surface area contributed by atoms with Crippen molar-refractivity contribution in [2.24, 2.45) is 0 Å². The van der Waals surface area contributed by atoms with Crippen molar-refractivity contribution >= 4 is 18.0 Å². The fraction of sp³-hybridized carbons (Fsp3) is 0.400. The Bertz CT molecular complexity index is 540. The van der Waals surface area contributed by atoms with Gasteiger partial charge in [0.15, 0.2) is 6.04 Å². The molecule has 0 aromatic heterocycles. The first-order valence-electron chi connectivity index (χ1n) is 7.00. The summed E-state index contributed by atoms with van der Waals surface area (Å²) in [7, 11) is 1.19. The maximum Gasteiger partial charge on any atom is 0.407 e. The monoisotopic (exact) mass is 306 g/mol. The SMILES string of the molecule is COC(=O)NC(C(=O)OC(=O)[C@@H]1CCCN1)c1ccccc1. The highest BCUT2D eigenvalue weighted by Crippen LogP contribution is 2.16. The van der Waals surface area contributed by atoms with Gasteiger partial charge < -0.3 is 20.1 Å². The van der Waals surface area contributed by atoms with Gasteiger partial charge in [0.2, 0.25) is 0 Å². The molecule has 1 heterocycles. The summed E-state index contributed by atoms with van der Waals surface area (Å²) >= 11 is 0. The Morgan fingerprint density at radius 2 is 2.00 bits per heavy atom. The maximum absolute atomic E-state index is 12.2. The van der Waals surface area contributed by atoms with Gasteiger partial charge in [0, 0.05) is 0 Å². The van der Waals surface area contributed by atoms with Gasteiger partial charge in [-0.1, -0.05) is 30.3 Å². The molecule has 0 bridgehead atoms. The second-order valence-corrected chi connectivity index (χ2v) is 4.87. The Balaban J connectivity index is 2.08. The number of methoxy groups -OCH3 is 1. The van der Waals surface area contributed by atoms with Crippen LogP contribution in [0.1, 0.15) is 24.4 Å². The molecule has 2 atom stereocenters. The summed E-state index contributed by atoms with van der Waals surface area (Å²) in [5.41, 5.74) is 0.505. The molecule has 0 saturated carbocycles. The Labute approximate surface area is 128 Å². The molecule has 2 rings (SSSR count). The molecule has 1 aliphatic rings. The lowest BCUT2D eigenvalue weighted by Crippen LogP contribution is -2.39. The van der Waals surface area contributed by atoms with E-state index in [4.69, 9.17) is 4.74 Å². The molecule has 2 N–H and O–H groups in total. The average molecular weight is 306 g/mol. The van der Waals surface area contributed by atoms with Gasteiger partial charge in [0.05, 0.1) is 7.11 Å². The van der Waals surface area contributed by atoms with Gasteiger partial charge in [-0.3, -0.25) is 0 Å². The lowest BCUT2D eigenvalue weighted by atomic mass is 10.1. The first-order valence-corrected chi connectivity index (χ1v) is 7.00. The minimum absolute atomic E-state index is 0.474. The predicted octanol–water partition coefficient (Wildman–Crippen LogP) is 0.905. The van der Waals surface area contributed by atoms with Gasteiger partial charge >= 0.3 is 18.0 Å². The third-order valence-corrected chi connectivity index (χ3v) is 3.36. The van der Waals surface area contributed by atoms with Crippen LogP contribution >= 0.6 is 0 Å². The van der Waals surface area contributed by atoms with Crippen LogP contribution < -0.4 is 10.6 Å². The summed E-state index contributed by atoms with van der Waals surface area (Å²) in [6, 6.07) is 6.94. The number of carbonyl (C=O) groups is 3. The summed E-state index contributed by atoms with van der Waals surface area (Å²) in [6.45, 7) is 0.719. The van der Waals surface area contributed by atoms with Crippen LogP contribution in [0.3, 0.4) is 0 Å². The molecule has 118 valence electrons. The van der Waals surface area contributed by atoms with Gasteiger partial charge in [-0.2, -0.15) is 0 Å². The number of hydrogen-bond donors (Lipinski definition) is 2. The topological polar surface area (TPSA) is 93.7 Å². The van der Waals surface area contributed by atoms with E-state index in [9.17, 15) is 14.4 Å². The Kier molecular flexibility index (Phi) is 5.48. The second kappa shape index (κ2) is 7.56. The van der Waals surface area contributed by atoms with Crippen LogP contribution in [0.4, 0.5) is 4.79 Å². The molecule has 1 aliphatic heterocycles. The van der Waals surface area contributed by atoms with E-state index in [0.29, 0.717) is 12.0 Å². The quantitative estimate of drug-likeness (QED) is 0.634. The molecule has 1 saturated heterocycles. The minimum Gasteiger partial charge on any atom is -0.453 e.